The van der Waals surface area contributed by atoms with Gasteiger partial charge in [0, 0.05) is 11.6 Å². The molecule has 0 aliphatic heterocycles. The largest absolute Gasteiger partial charge is 0.314 e. The van der Waals surface area contributed by atoms with Gasteiger partial charge in [-0.1, -0.05) is 18.2 Å². The summed E-state index contributed by atoms with van der Waals surface area (Å²) in [5.41, 5.74) is 1.24. The zero-order chi connectivity index (χ0) is 11.8. The maximum Gasteiger partial charge on any atom is 0.263 e. The van der Waals surface area contributed by atoms with Crippen LogP contribution in [0.4, 0.5) is 8.78 Å². The maximum absolute atomic E-state index is 12.6. The van der Waals surface area contributed by atoms with Crippen LogP contribution in [0.15, 0.2) is 24.3 Å². The Morgan fingerprint density at radius 1 is 1.29 bits per heavy atom. The molecule has 1 aromatic carbocycles. The molecule has 2 saturated carbocycles. The first kappa shape index (κ1) is 11.1. The Bertz CT molecular complexity index is 401. The van der Waals surface area contributed by atoms with Gasteiger partial charge < -0.3 is 5.32 Å². The molecule has 0 heterocycles. The number of halogens is 2. The third-order valence-electron chi connectivity index (χ3n) is 3.76. The van der Waals surface area contributed by atoms with Crippen LogP contribution in [-0.4, -0.2) is 12.6 Å². The summed E-state index contributed by atoms with van der Waals surface area (Å²) in [7, 11) is 0. The molecule has 0 bridgehead atoms. The van der Waals surface area contributed by atoms with E-state index < -0.39 is 6.43 Å². The van der Waals surface area contributed by atoms with E-state index in [0.717, 1.165) is 24.6 Å². The van der Waals surface area contributed by atoms with Crippen LogP contribution in [0.2, 0.25) is 0 Å². The first-order valence-corrected chi connectivity index (χ1v) is 6.35. The molecule has 1 aromatic rings. The van der Waals surface area contributed by atoms with E-state index in [-0.39, 0.29) is 5.56 Å². The minimum Gasteiger partial charge on any atom is -0.314 e. The fraction of sp³-hybridized carbons (Fsp3) is 0.571. The highest BCUT2D eigenvalue weighted by molar-refractivity contribution is 5.31. The number of nitrogens with one attached hydrogen (secondary N) is 1. The second kappa shape index (κ2) is 4.37. The molecule has 1 N–H and O–H groups in total. The normalized spacial score (nSPS) is 27.5. The minimum atomic E-state index is -2.35. The third-order valence-corrected chi connectivity index (χ3v) is 3.76. The molecule has 17 heavy (non-hydrogen) atoms. The average Bonchev–Trinajstić information content (AvgIpc) is 3.21. The second-order valence-electron chi connectivity index (χ2n) is 5.26. The molecule has 0 saturated heterocycles. The van der Waals surface area contributed by atoms with Crippen molar-refractivity contribution in [1.29, 1.82) is 0 Å². The van der Waals surface area contributed by atoms with Gasteiger partial charge in [0.15, 0.2) is 0 Å². The molecule has 2 aliphatic carbocycles. The molecule has 0 spiro atoms. The van der Waals surface area contributed by atoms with Crippen molar-refractivity contribution in [3.05, 3.63) is 35.4 Å². The molecule has 2 atom stereocenters. The molecule has 2 fully saturated rings. The molecule has 0 aromatic heterocycles. The van der Waals surface area contributed by atoms with Crippen molar-refractivity contribution in [3.8, 4) is 0 Å². The minimum absolute atomic E-state index is 0.156. The van der Waals surface area contributed by atoms with Gasteiger partial charge in [0.25, 0.3) is 6.43 Å². The molecule has 3 heteroatoms. The van der Waals surface area contributed by atoms with E-state index in [9.17, 15) is 8.78 Å². The summed E-state index contributed by atoms with van der Waals surface area (Å²) in [4.78, 5) is 0. The smallest absolute Gasteiger partial charge is 0.263 e. The zero-order valence-corrected chi connectivity index (χ0v) is 9.70. The van der Waals surface area contributed by atoms with E-state index in [4.69, 9.17) is 0 Å². The predicted octanol–water partition coefficient (Wildman–Crippen LogP) is 3.48. The standard InChI is InChI=1S/C14H17F2N/c15-14(16)10-3-1-2-9(6-10)13-7-11(13)8-17-12-4-5-12/h1-3,6,11-14,17H,4-5,7-8H2. The molecule has 0 amide bonds. The lowest BCUT2D eigenvalue weighted by atomic mass is 10.1. The highest BCUT2D eigenvalue weighted by Gasteiger charge is 2.39. The highest BCUT2D eigenvalue weighted by Crippen LogP contribution is 2.47. The van der Waals surface area contributed by atoms with E-state index in [1.807, 2.05) is 6.07 Å². The Kier molecular flexibility index (Phi) is 2.87. The number of benzene rings is 1. The molecular weight excluding hydrogens is 220 g/mol. The zero-order valence-electron chi connectivity index (χ0n) is 9.70. The SMILES string of the molecule is FC(F)c1cccc(C2CC2CNC2CC2)c1. The van der Waals surface area contributed by atoms with Crippen molar-refractivity contribution in [2.75, 3.05) is 6.54 Å². The highest BCUT2D eigenvalue weighted by atomic mass is 19.3. The van der Waals surface area contributed by atoms with Gasteiger partial charge in [0.1, 0.15) is 0 Å². The van der Waals surface area contributed by atoms with Gasteiger partial charge in [0.2, 0.25) is 0 Å². The summed E-state index contributed by atoms with van der Waals surface area (Å²) in [5, 5.41) is 3.51. The Balaban J connectivity index is 1.59. The van der Waals surface area contributed by atoms with Gasteiger partial charge >= 0.3 is 0 Å². The molecule has 1 nitrogen and oxygen atoms in total. The van der Waals surface area contributed by atoms with Crippen LogP contribution in [0, 0.1) is 5.92 Å². The van der Waals surface area contributed by atoms with Crippen molar-refractivity contribution in [2.24, 2.45) is 5.92 Å². The van der Waals surface area contributed by atoms with Gasteiger partial charge in [-0.25, -0.2) is 8.78 Å². The quantitative estimate of drug-likeness (QED) is 0.826. The summed E-state index contributed by atoms with van der Waals surface area (Å²) in [5.74, 6) is 1.16. The number of alkyl halides is 2. The lowest BCUT2D eigenvalue weighted by Gasteiger charge is -2.05. The fourth-order valence-electron chi connectivity index (χ4n) is 2.41. The van der Waals surface area contributed by atoms with Gasteiger partial charge in [-0.15, -0.1) is 0 Å². The molecule has 2 aliphatic rings. The summed E-state index contributed by atoms with van der Waals surface area (Å²) in [6, 6.07) is 7.65. The molecule has 0 radical (unpaired) electrons. The van der Waals surface area contributed by atoms with Crippen molar-refractivity contribution in [3.63, 3.8) is 0 Å². The van der Waals surface area contributed by atoms with E-state index in [1.165, 1.54) is 18.9 Å². The molecular formula is C14H17F2N. The third kappa shape index (κ3) is 2.65. The second-order valence-corrected chi connectivity index (χ2v) is 5.26. The fourth-order valence-corrected chi connectivity index (χ4v) is 2.41. The van der Waals surface area contributed by atoms with E-state index >= 15 is 0 Å². The number of rotatable bonds is 5. The Morgan fingerprint density at radius 2 is 2.12 bits per heavy atom. The number of hydrogen-bond donors (Lipinski definition) is 1. The van der Waals surface area contributed by atoms with Gasteiger partial charge in [-0.05, 0) is 49.3 Å². The van der Waals surface area contributed by atoms with E-state index in [0.29, 0.717) is 11.8 Å². The lowest BCUT2D eigenvalue weighted by Crippen LogP contribution is -2.19. The molecule has 92 valence electrons. The van der Waals surface area contributed by atoms with E-state index in [1.54, 1.807) is 12.1 Å². The number of hydrogen-bond acceptors (Lipinski definition) is 1. The summed E-state index contributed by atoms with van der Waals surface area (Å²) in [6.45, 7) is 1.05. The average molecular weight is 237 g/mol. The summed E-state index contributed by atoms with van der Waals surface area (Å²) in [6.07, 6.45) is 1.40. The first-order valence-electron chi connectivity index (χ1n) is 6.35. The maximum atomic E-state index is 12.6. The molecule has 2 unspecified atom stereocenters. The van der Waals surface area contributed by atoms with Crippen LogP contribution in [0.3, 0.4) is 0 Å². The topological polar surface area (TPSA) is 12.0 Å². The van der Waals surface area contributed by atoms with Gasteiger partial charge in [0.05, 0.1) is 0 Å². The van der Waals surface area contributed by atoms with Crippen LogP contribution in [0.1, 0.15) is 42.7 Å². The summed E-state index contributed by atoms with van der Waals surface area (Å²) >= 11 is 0. The van der Waals surface area contributed by atoms with Gasteiger partial charge in [-0.2, -0.15) is 0 Å². The Labute approximate surface area is 100 Å². The van der Waals surface area contributed by atoms with Crippen LogP contribution in [-0.2, 0) is 0 Å². The van der Waals surface area contributed by atoms with Crippen molar-refractivity contribution in [2.45, 2.75) is 37.6 Å². The van der Waals surface area contributed by atoms with Crippen LogP contribution in [0.25, 0.3) is 0 Å². The summed E-state index contributed by atoms with van der Waals surface area (Å²) < 4.78 is 25.2. The predicted molar refractivity (Wildman–Crippen MR) is 63.3 cm³/mol. The van der Waals surface area contributed by atoms with Crippen LogP contribution >= 0.6 is 0 Å². The van der Waals surface area contributed by atoms with Crippen molar-refractivity contribution < 1.29 is 8.78 Å². The Hall–Kier alpha value is -0.960. The van der Waals surface area contributed by atoms with Gasteiger partial charge in [-0.3, -0.25) is 0 Å². The first-order chi connectivity index (χ1) is 8.24. The van der Waals surface area contributed by atoms with E-state index in [2.05, 4.69) is 5.32 Å². The van der Waals surface area contributed by atoms with Crippen LogP contribution < -0.4 is 5.32 Å². The van der Waals surface area contributed by atoms with Crippen molar-refractivity contribution >= 4 is 0 Å². The molecule has 3 rings (SSSR count). The monoisotopic (exact) mass is 237 g/mol. The Morgan fingerprint density at radius 3 is 2.82 bits per heavy atom. The van der Waals surface area contributed by atoms with Crippen LogP contribution in [0.5, 0.6) is 0 Å². The lowest BCUT2D eigenvalue weighted by molar-refractivity contribution is 0.151. The van der Waals surface area contributed by atoms with Crippen molar-refractivity contribution in [1.82, 2.24) is 5.32 Å².